The van der Waals surface area contributed by atoms with E-state index in [0.29, 0.717) is 6.42 Å². The summed E-state index contributed by atoms with van der Waals surface area (Å²) in [5.41, 5.74) is 6.81. The van der Waals surface area contributed by atoms with Crippen molar-refractivity contribution in [1.29, 1.82) is 0 Å². The molecule has 2 N–H and O–H groups in total. The van der Waals surface area contributed by atoms with E-state index in [1.54, 1.807) is 11.3 Å². The lowest BCUT2D eigenvalue weighted by Gasteiger charge is -2.06. The van der Waals surface area contributed by atoms with Crippen molar-refractivity contribution in [2.75, 3.05) is 7.11 Å². The van der Waals surface area contributed by atoms with Crippen LogP contribution in [0.15, 0.2) is 11.4 Å². The van der Waals surface area contributed by atoms with Crippen LogP contribution in [-0.2, 0) is 16.0 Å². The van der Waals surface area contributed by atoms with E-state index in [0.717, 1.165) is 4.88 Å². The third-order valence-corrected chi connectivity index (χ3v) is 2.79. The fourth-order valence-electron chi connectivity index (χ4n) is 1.05. The summed E-state index contributed by atoms with van der Waals surface area (Å²) in [5.74, 6) is -0.356. The summed E-state index contributed by atoms with van der Waals surface area (Å²) in [7, 11) is 1.35. The maximum Gasteiger partial charge on any atom is 0.323 e. The average molecular weight is 199 g/mol. The van der Waals surface area contributed by atoms with Gasteiger partial charge < -0.3 is 10.5 Å². The molecular weight excluding hydrogens is 186 g/mol. The fraction of sp³-hybridized carbons (Fsp3) is 0.444. The Bertz CT molecular complexity index is 296. The number of methoxy groups -OCH3 is 1. The second-order valence-electron chi connectivity index (χ2n) is 2.92. The molecule has 1 aromatic rings. The van der Waals surface area contributed by atoms with E-state index in [4.69, 9.17) is 5.73 Å². The van der Waals surface area contributed by atoms with E-state index in [1.807, 2.05) is 18.4 Å². The van der Waals surface area contributed by atoms with Gasteiger partial charge in [-0.3, -0.25) is 4.79 Å². The van der Waals surface area contributed by atoms with E-state index in [2.05, 4.69) is 4.74 Å². The number of rotatable bonds is 3. The van der Waals surface area contributed by atoms with E-state index in [-0.39, 0.29) is 5.97 Å². The summed E-state index contributed by atoms with van der Waals surface area (Å²) < 4.78 is 4.53. The lowest BCUT2D eigenvalue weighted by atomic mass is 10.2. The Kier molecular flexibility index (Phi) is 3.45. The minimum absolute atomic E-state index is 0.356. The molecule has 1 heterocycles. The second kappa shape index (κ2) is 4.39. The first-order valence-corrected chi connectivity index (χ1v) is 4.89. The fourth-order valence-corrected chi connectivity index (χ4v) is 1.98. The SMILES string of the molecule is COC(=O)[C@@H](N)Cc1cc(C)cs1. The van der Waals surface area contributed by atoms with Crippen LogP contribution in [0.4, 0.5) is 0 Å². The van der Waals surface area contributed by atoms with Gasteiger partial charge in [-0.1, -0.05) is 0 Å². The second-order valence-corrected chi connectivity index (χ2v) is 3.92. The molecule has 3 nitrogen and oxygen atoms in total. The van der Waals surface area contributed by atoms with Gasteiger partial charge >= 0.3 is 5.97 Å². The molecule has 0 spiro atoms. The molecule has 0 bridgehead atoms. The van der Waals surface area contributed by atoms with Gasteiger partial charge in [0.15, 0.2) is 0 Å². The predicted molar refractivity (Wildman–Crippen MR) is 52.8 cm³/mol. The van der Waals surface area contributed by atoms with Gasteiger partial charge in [-0.15, -0.1) is 11.3 Å². The molecule has 0 unspecified atom stereocenters. The number of esters is 1. The standard InChI is InChI=1S/C9H13NO2S/c1-6-3-7(13-5-6)4-8(10)9(11)12-2/h3,5,8H,4,10H2,1-2H3/t8-/m0/s1. The highest BCUT2D eigenvalue weighted by Gasteiger charge is 2.14. The van der Waals surface area contributed by atoms with Gasteiger partial charge in [0.25, 0.3) is 0 Å². The van der Waals surface area contributed by atoms with E-state index >= 15 is 0 Å². The number of ether oxygens (including phenoxy) is 1. The number of carbonyl (C=O) groups excluding carboxylic acids is 1. The van der Waals surface area contributed by atoms with Gasteiger partial charge in [0.1, 0.15) is 6.04 Å². The number of thiophene rings is 1. The third-order valence-electron chi connectivity index (χ3n) is 1.71. The highest BCUT2D eigenvalue weighted by Crippen LogP contribution is 2.15. The molecule has 1 rings (SSSR count). The average Bonchev–Trinajstić information content (AvgIpc) is 2.49. The summed E-state index contributed by atoms with van der Waals surface area (Å²) in [6, 6.07) is 1.50. The lowest BCUT2D eigenvalue weighted by Crippen LogP contribution is -2.33. The molecule has 0 aliphatic rings. The topological polar surface area (TPSA) is 52.3 Å². The number of nitrogens with two attached hydrogens (primary N) is 1. The monoisotopic (exact) mass is 199 g/mol. The van der Waals surface area contributed by atoms with Crippen molar-refractivity contribution in [3.8, 4) is 0 Å². The van der Waals surface area contributed by atoms with Crippen LogP contribution >= 0.6 is 11.3 Å². The lowest BCUT2D eigenvalue weighted by molar-refractivity contribution is -0.142. The number of hydrogen-bond acceptors (Lipinski definition) is 4. The molecule has 0 saturated carbocycles. The van der Waals surface area contributed by atoms with Gasteiger partial charge in [-0.25, -0.2) is 0 Å². The highest BCUT2D eigenvalue weighted by molar-refractivity contribution is 7.10. The van der Waals surface area contributed by atoms with Crippen molar-refractivity contribution in [3.63, 3.8) is 0 Å². The van der Waals surface area contributed by atoms with Gasteiger partial charge in [-0.2, -0.15) is 0 Å². The van der Waals surface area contributed by atoms with Crippen LogP contribution in [0.25, 0.3) is 0 Å². The Morgan fingerprint density at radius 1 is 1.77 bits per heavy atom. The molecular formula is C9H13NO2S. The van der Waals surface area contributed by atoms with Crippen molar-refractivity contribution in [1.82, 2.24) is 0 Å². The van der Waals surface area contributed by atoms with Crippen molar-refractivity contribution in [2.24, 2.45) is 5.73 Å². The summed E-state index contributed by atoms with van der Waals surface area (Å²) in [6.07, 6.45) is 0.561. The minimum Gasteiger partial charge on any atom is -0.468 e. The number of aryl methyl sites for hydroxylation is 1. The van der Waals surface area contributed by atoms with Crippen LogP contribution in [0.2, 0.25) is 0 Å². The Hall–Kier alpha value is -0.870. The largest absolute Gasteiger partial charge is 0.468 e. The van der Waals surface area contributed by atoms with E-state index < -0.39 is 6.04 Å². The zero-order valence-electron chi connectivity index (χ0n) is 7.74. The summed E-state index contributed by atoms with van der Waals surface area (Å²) in [5, 5.41) is 2.04. The molecule has 4 heteroatoms. The normalized spacial score (nSPS) is 12.5. The smallest absolute Gasteiger partial charge is 0.323 e. The molecule has 0 amide bonds. The predicted octanol–water partition coefficient (Wildman–Crippen LogP) is 1.10. The summed E-state index contributed by atoms with van der Waals surface area (Å²) in [4.78, 5) is 12.1. The molecule has 1 atom stereocenters. The molecule has 0 fully saturated rings. The molecule has 0 saturated heterocycles. The van der Waals surface area contributed by atoms with Gasteiger partial charge in [-0.05, 0) is 23.9 Å². The molecule has 72 valence electrons. The number of hydrogen-bond donors (Lipinski definition) is 1. The van der Waals surface area contributed by atoms with Gasteiger partial charge in [0.2, 0.25) is 0 Å². The third kappa shape index (κ3) is 2.82. The Labute approximate surface area is 81.5 Å². The molecule has 0 aliphatic heterocycles. The van der Waals surface area contributed by atoms with Crippen molar-refractivity contribution in [3.05, 3.63) is 21.9 Å². The minimum atomic E-state index is -0.539. The maximum atomic E-state index is 11.0. The van der Waals surface area contributed by atoms with E-state index in [1.165, 1.54) is 12.7 Å². The highest BCUT2D eigenvalue weighted by atomic mass is 32.1. The molecule has 1 aromatic heterocycles. The zero-order valence-corrected chi connectivity index (χ0v) is 8.56. The van der Waals surface area contributed by atoms with Crippen LogP contribution in [0.5, 0.6) is 0 Å². The first-order valence-electron chi connectivity index (χ1n) is 4.01. The van der Waals surface area contributed by atoms with Crippen LogP contribution < -0.4 is 5.73 Å². The van der Waals surface area contributed by atoms with Gasteiger partial charge in [0, 0.05) is 11.3 Å². The van der Waals surface area contributed by atoms with Crippen LogP contribution in [-0.4, -0.2) is 19.1 Å². The Balaban J connectivity index is 2.54. The molecule has 0 aromatic carbocycles. The zero-order chi connectivity index (χ0) is 9.84. The van der Waals surface area contributed by atoms with Gasteiger partial charge in [0.05, 0.1) is 7.11 Å². The molecule has 0 aliphatic carbocycles. The van der Waals surface area contributed by atoms with Crippen molar-refractivity contribution in [2.45, 2.75) is 19.4 Å². The maximum absolute atomic E-state index is 11.0. The molecule has 13 heavy (non-hydrogen) atoms. The summed E-state index contributed by atoms with van der Waals surface area (Å²) in [6.45, 7) is 2.02. The molecule has 0 radical (unpaired) electrons. The summed E-state index contributed by atoms with van der Waals surface area (Å²) >= 11 is 1.62. The van der Waals surface area contributed by atoms with Crippen molar-refractivity contribution < 1.29 is 9.53 Å². The Morgan fingerprint density at radius 2 is 2.46 bits per heavy atom. The first kappa shape index (κ1) is 10.2. The van der Waals surface area contributed by atoms with Crippen LogP contribution in [0.1, 0.15) is 10.4 Å². The first-order chi connectivity index (χ1) is 6.13. The van der Waals surface area contributed by atoms with Crippen LogP contribution in [0, 0.1) is 6.92 Å². The Morgan fingerprint density at radius 3 is 2.92 bits per heavy atom. The van der Waals surface area contributed by atoms with Crippen LogP contribution in [0.3, 0.4) is 0 Å². The number of carbonyl (C=O) groups is 1. The van der Waals surface area contributed by atoms with E-state index in [9.17, 15) is 4.79 Å². The quantitative estimate of drug-likeness (QED) is 0.742. The van der Waals surface area contributed by atoms with Crippen molar-refractivity contribution >= 4 is 17.3 Å².